The van der Waals surface area contributed by atoms with Crippen molar-refractivity contribution < 1.29 is 19.3 Å². The molecule has 0 aliphatic carbocycles. The molecule has 0 aliphatic heterocycles. The van der Waals surface area contributed by atoms with Crippen molar-refractivity contribution in [2.24, 2.45) is 11.5 Å². The predicted octanol–water partition coefficient (Wildman–Crippen LogP) is 0.400. The third-order valence-corrected chi connectivity index (χ3v) is 3.50. The van der Waals surface area contributed by atoms with Gasteiger partial charge in [-0.05, 0) is 22.3 Å². The van der Waals surface area contributed by atoms with Crippen LogP contribution < -0.4 is 22.4 Å². The van der Waals surface area contributed by atoms with Gasteiger partial charge in [0.2, 0.25) is 0 Å². The minimum absolute atomic E-state index is 0.242. The van der Waals surface area contributed by atoms with E-state index in [4.69, 9.17) is 11.5 Å². The van der Waals surface area contributed by atoms with Gasteiger partial charge in [-0.15, -0.1) is 11.0 Å². The molecule has 0 fully saturated rings. The molecule has 0 amide bonds. The van der Waals surface area contributed by atoms with E-state index >= 15 is 0 Å². The summed E-state index contributed by atoms with van der Waals surface area (Å²) in [5, 5.41) is 0. The quantitative estimate of drug-likeness (QED) is 0.394. The summed E-state index contributed by atoms with van der Waals surface area (Å²) < 4.78 is 0. The fourth-order valence-corrected chi connectivity index (χ4v) is 2.19. The van der Waals surface area contributed by atoms with Crippen molar-refractivity contribution >= 4 is 11.9 Å². The maximum atomic E-state index is 11.6. The highest BCUT2D eigenvalue weighted by molar-refractivity contribution is 6.29. The van der Waals surface area contributed by atoms with Gasteiger partial charge in [0, 0.05) is 13.1 Å². The summed E-state index contributed by atoms with van der Waals surface area (Å²) in [7, 11) is 0. The number of nitrogens with two attached hydrogens (primary N) is 2. The number of hydrogen-bond acceptors (Lipinski definition) is 8. The van der Waals surface area contributed by atoms with Gasteiger partial charge in [0.05, 0.1) is 13.1 Å². The van der Waals surface area contributed by atoms with Crippen molar-refractivity contribution in [3.63, 3.8) is 0 Å². The number of nitrogens with one attached hydrogen (secondary N) is 2. The number of carbonyl (C=O) groups excluding carboxylic acids is 2. The van der Waals surface area contributed by atoms with Gasteiger partial charge in [0.1, 0.15) is 0 Å². The normalized spacial score (nSPS) is 10.4. The molecule has 0 heterocycles. The Hall–Kier alpha value is -2.78. The fourth-order valence-electron chi connectivity index (χ4n) is 2.19. The smallest absolute Gasteiger partial charge is 0.361 e. The molecule has 0 saturated heterocycles. The second kappa shape index (κ2) is 10.3. The molecule has 0 aromatic heterocycles. The van der Waals surface area contributed by atoms with Gasteiger partial charge in [-0.1, -0.05) is 48.5 Å². The SMILES string of the molecule is NCc1cccc(CNOC(=O)C(=O)ONCc2cccc(CN)c2)c1. The van der Waals surface area contributed by atoms with Crippen LogP contribution in [0.1, 0.15) is 22.3 Å². The summed E-state index contributed by atoms with van der Waals surface area (Å²) in [5.74, 6) is -2.30. The largest absolute Gasteiger partial charge is 0.437 e. The van der Waals surface area contributed by atoms with E-state index in [1.165, 1.54) is 0 Å². The third kappa shape index (κ3) is 6.26. The molecule has 26 heavy (non-hydrogen) atoms. The molecule has 8 heteroatoms. The van der Waals surface area contributed by atoms with Gasteiger partial charge in [-0.3, -0.25) is 0 Å². The zero-order valence-electron chi connectivity index (χ0n) is 14.2. The molecule has 2 aromatic rings. The van der Waals surface area contributed by atoms with Crippen LogP contribution in [0.15, 0.2) is 48.5 Å². The lowest BCUT2D eigenvalue weighted by atomic mass is 10.1. The second-order valence-electron chi connectivity index (χ2n) is 5.47. The molecule has 8 nitrogen and oxygen atoms in total. The van der Waals surface area contributed by atoms with Crippen LogP contribution in [0, 0.1) is 0 Å². The Morgan fingerprint density at radius 1 is 0.731 bits per heavy atom. The Morgan fingerprint density at radius 3 is 1.50 bits per heavy atom. The molecule has 138 valence electrons. The van der Waals surface area contributed by atoms with Crippen LogP contribution in [0.3, 0.4) is 0 Å². The van der Waals surface area contributed by atoms with E-state index in [1.54, 1.807) is 0 Å². The Balaban J connectivity index is 1.69. The summed E-state index contributed by atoms with van der Waals surface area (Å²) in [5.41, 5.74) is 19.6. The molecule has 0 bridgehead atoms. The van der Waals surface area contributed by atoms with Crippen molar-refractivity contribution in [1.82, 2.24) is 11.0 Å². The lowest BCUT2D eigenvalue weighted by Gasteiger charge is -2.08. The van der Waals surface area contributed by atoms with Crippen LogP contribution in [0.2, 0.25) is 0 Å². The number of carbonyl (C=O) groups is 2. The van der Waals surface area contributed by atoms with Gasteiger partial charge in [0.15, 0.2) is 0 Å². The van der Waals surface area contributed by atoms with Gasteiger partial charge in [-0.25, -0.2) is 9.59 Å². The second-order valence-corrected chi connectivity index (χ2v) is 5.47. The molecule has 2 aromatic carbocycles. The first-order valence-corrected chi connectivity index (χ1v) is 8.06. The number of hydrogen-bond donors (Lipinski definition) is 4. The lowest BCUT2D eigenvalue weighted by molar-refractivity contribution is -0.177. The summed E-state index contributed by atoms with van der Waals surface area (Å²) in [6.45, 7) is 1.32. The maximum absolute atomic E-state index is 11.6. The Labute approximate surface area is 151 Å². The Bertz CT molecular complexity index is 688. The van der Waals surface area contributed by atoms with Crippen LogP contribution in [0.5, 0.6) is 0 Å². The molecular weight excluding hydrogens is 336 g/mol. The minimum Gasteiger partial charge on any atom is -0.361 e. The molecule has 0 atom stereocenters. The molecule has 0 unspecified atom stereocenters. The highest BCUT2D eigenvalue weighted by atomic mass is 16.7. The Morgan fingerprint density at radius 2 is 1.12 bits per heavy atom. The summed E-state index contributed by atoms with van der Waals surface area (Å²) in [4.78, 5) is 32.5. The van der Waals surface area contributed by atoms with Gasteiger partial charge < -0.3 is 21.1 Å². The first-order valence-electron chi connectivity index (χ1n) is 8.06. The van der Waals surface area contributed by atoms with Crippen LogP contribution in [0.25, 0.3) is 0 Å². The molecule has 0 spiro atoms. The van der Waals surface area contributed by atoms with Crippen molar-refractivity contribution in [3.05, 3.63) is 70.8 Å². The van der Waals surface area contributed by atoms with Crippen LogP contribution >= 0.6 is 0 Å². The number of hydroxylamine groups is 2. The maximum Gasteiger partial charge on any atom is 0.437 e. The highest BCUT2D eigenvalue weighted by Crippen LogP contribution is 2.05. The van der Waals surface area contributed by atoms with Gasteiger partial charge in [0.25, 0.3) is 0 Å². The fraction of sp³-hybridized carbons (Fsp3) is 0.222. The third-order valence-electron chi connectivity index (χ3n) is 3.50. The number of rotatable bonds is 8. The Kier molecular flexibility index (Phi) is 7.72. The minimum atomic E-state index is -1.15. The van der Waals surface area contributed by atoms with Crippen LogP contribution in [-0.2, 0) is 45.4 Å². The average Bonchev–Trinajstić information content (AvgIpc) is 2.68. The highest BCUT2D eigenvalue weighted by Gasteiger charge is 2.18. The molecule has 0 radical (unpaired) electrons. The first-order chi connectivity index (χ1) is 12.6. The van der Waals surface area contributed by atoms with E-state index in [9.17, 15) is 9.59 Å². The summed E-state index contributed by atoms with van der Waals surface area (Å²) in [6, 6.07) is 14.9. The van der Waals surface area contributed by atoms with Crippen molar-refractivity contribution in [1.29, 1.82) is 0 Å². The van der Waals surface area contributed by atoms with Crippen molar-refractivity contribution in [2.45, 2.75) is 26.2 Å². The monoisotopic (exact) mass is 358 g/mol. The van der Waals surface area contributed by atoms with E-state index in [0.29, 0.717) is 13.1 Å². The topological polar surface area (TPSA) is 129 Å². The molecule has 2 rings (SSSR count). The van der Waals surface area contributed by atoms with E-state index in [1.807, 2.05) is 48.5 Å². The van der Waals surface area contributed by atoms with Crippen molar-refractivity contribution in [2.75, 3.05) is 0 Å². The van der Waals surface area contributed by atoms with Gasteiger partial charge >= 0.3 is 11.9 Å². The summed E-state index contributed by atoms with van der Waals surface area (Å²) in [6.07, 6.45) is 0. The van der Waals surface area contributed by atoms with E-state index in [-0.39, 0.29) is 13.1 Å². The van der Waals surface area contributed by atoms with Crippen LogP contribution in [-0.4, -0.2) is 11.9 Å². The average molecular weight is 358 g/mol. The zero-order valence-corrected chi connectivity index (χ0v) is 14.2. The molecule has 0 aliphatic rings. The predicted molar refractivity (Wildman–Crippen MR) is 94.5 cm³/mol. The van der Waals surface area contributed by atoms with E-state index in [0.717, 1.165) is 22.3 Å². The first kappa shape index (κ1) is 19.5. The standard InChI is InChI=1S/C18H22N4O4/c19-9-13-3-1-5-15(7-13)11-21-25-17(23)18(24)26-22-12-16-6-2-4-14(8-16)10-20/h1-8,21-22H,9-12,19-20H2. The molecule has 6 N–H and O–H groups in total. The van der Waals surface area contributed by atoms with E-state index in [2.05, 4.69) is 20.6 Å². The lowest BCUT2D eigenvalue weighted by Crippen LogP contribution is -2.31. The molecular formula is C18H22N4O4. The van der Waals surface area contributed by atoms with Crippen LogP contribution in [0.4, 0.5) is 0 Å². The van der Waals surface area contributed by atoms with E-state index < -0.39 is 11.9 Å². The zero-order chi connectivity index (χ0) is 18.8. The molecule has 0 saturated carbocycles. The summed E-state index contributed by atoms with van der Waals surface area (Å²) >= 11 is 0. The van der Waals surface area contributed by atoms with Crippen molar-refractivity contribution in [3.8, 4) is 0 Å². The van der Waals surface area contributed by atoms with Gasteiger partial charge in [-0.2, -0.15) is 0 Å². The number of benzene rings is 2.